The van der Waals surface area contributed by atoms with E-state index in [1.807, 2.05) is 12.5 Å². The summed E-state index contributed by atoms with van der Waals surface area (Å²) in [5.41, 5.74) is 5.48. The molecule has 3 amide bonds. The number of aliphatic hydroxyl groups is 2. The molecule has 0 aliphatic heterocycles. The molecule has 0 aromatic rings. The second kappa shape index (κ2) is 15.3. The lowest BCUT2D eigenvalue weighted by Crippen LogP contribution is -2.58. The van der Waals surface area contributed by atoms with Crippen LogP contribution in [-0.2, 0) is 19.2 Å². The van der Waals surface area contributed by atoms with Crippen molar-refractivity contribution in [1.82, 2.24) is 16.0 Å². The minimum absolute atomic E-state index is 0.213. The van der Waals surface area contributed by atoms with Gasteiger partial charge in [0, 0.05) is 0 Å². The Balaban J connectivity index is 5.35. The van der Waals surface area contributed by atoms with Crippen LogP contribution in [0.4, 0.5) is 0 Å². The number of aliphatic hydroxyl groups excluding tert-OH is 2. The van der Waals surface area contributed by atoms with Gasteiger partial charge in [-0.05, 0) is 43.8 Å². The first-order valence-corrected chi connectivity index (χ1v) is 12.0. The quantitative estimate of drug-likeness (QED) is 0.138. The molecule has 0 aromatic carbocycles. The van der Waals surface area contributed by atoms with Gasteiger partial charge in [0.15, 0.2) is 6.04 Å². The molecule has 0 heterocycles. The number of carboxylic acid groups (broad SMARTS) is 1. The van der Waals surface area contributed by atoms with Crippen molar-refractivity contribution < 1.29 is 34.5 Å². The van der Waals surface area contributed by atoms with E-state index in [1.165, 1.54) is 30.4 Å². The Morgan fingerprint density at radius 3 is 1.70 bits per heavy atom. The predicted molar refractivity (Wildman–Crippen MR) is 116 cm³/mol. The summed E-state index contributed by atoms with van der Waals surface area (Å²) in [6.07, 6.45) is 2.78. The molecule has 0 spiro atoms. The molecule has 0 aliphatic carbocycles. The molecule has 5 unspecified atom stereocenters. The van der Waals surface area contributed by atoms with Gasteiger partial charge < -0.3 is 37.0 Å². The third kappa shape index (κ3) is 10.5. The lowest BCUT2D eigenvalue weighted by atomic mass is 10.1. The van der Waals surface area contributed by atoms with Gasteiger partial charge in [-0.25, -0.2) is 4.79 Å². The van der Waals surface area contributed by atoms with Crippen molar-refractivity contribution in [2.75, 3.05) is 30.6 Å². The van der Waals surface area contributed by atoms with Gasteiger partial charge in [-0.1, -0.05) is 0 Å². The summed E-state index contributed by atoms with van der Waals surface area (Å²) >= 11 is 2.89. The number of carbonyl (C=O) groups is 4. The molecule has 5 atom stereocenters. The van der Waals surface area contributed by atoms with Gasteiger partial charge in [0.2, 0.25) is 17.7 Å². The molecule has 0 saturated heterocycles. The van der Waals surface area contributed by atoms with E-state index in [0.717, 1.165) is 0 Å². The number of rotatable bonds is 15. The monoisotopic (exact) mass is 468 g/mol. The Kier molecular flexibility index (Phi) is 14.5. The van der Waals surface area contributed by atoms with Gasteiger partial charge in [-0.15, -0.1) is 0 Å². The molecule has 8 N–H and O–H groups in total. The van der Waals surface area contributed by atoms with Gasteiger partial charge in [0.05, 0.1) is 12.7 Å². The second-order valence-electron chi connectivity index (χ2n) is 6.54. The third-order valence-electron chi connectivity index (χ3n) is 4.07. The molecule has 0 aliphatic rings. The lowest BCUT2D eigenvalue weighted by Gasteiger charge is -2.25. The Morgan fingerprint density at radius 2 is 1.33 bits per heavy atom. The Bertz CT molecular complexity index is 580. The molecule has 0 fully saturated rings. The minimum Gasteiger partial charge on any atom is -0.480 e. The highest BCUT2D eigenvalue weighted by molar-refractivity contribution is 7.98. The van der Waals surface area contributed by atoms with Crippen molar-refractivity contribution in [2.24, 2.45) is 5.73 Å². The number of hydrogen-bond donors (Lipinski definition) is 7. The van der Waals surface area contributed by atoms with Crippen molar-refractivity contribution in [2.45, 2.75) is 50.0 Å². The van der Waals surface area contributed by atoms with Crippen molar-refractivity contribution in [3.63, 3.8) is 0 Å². The zero-order valence-electron chi connectivity index (χ0n) is 17.3. The molecule has 11 nitrogen and oxygen atoms in total. The third-order valence-corrected chi connectivity index (χ3v) is 5.35. The summed E-state index contributed by atoms with van der Waals surface area (Å²) in [7, 11) is 0. The van der Waals surface area contributed by atoms with Crippen molar-refractivity contribution in [1.29, 1.82) is 0 Å². The van der Waals surface area contributed by atoms with Crippen molar-refractivity contribution >= 4 is 47.2 Å². The standard InChI is InChI=1S/C17H32N4O7S2/c1-9(23)13(17(27)28)21-16(26)12(5-7-30-3)20-15(25)11(4-6-29-2)19-14(24)10(18)8-22/h9-13,22-23H,4-8,18H2,1-3H3,(H,19,24)(H,20,25)(H,21,26)(H,27,28). The fraction of sp³-hybridized carbons (Fsp3) is 0.765. The van der Waals surface area contributed by atoms with Gasteiger partial charge in [-0.3, -0.25) is 14.4 Å². The van der Waals surface area contributed by atoms with Crippen LogP contribution < -0.4 is 21.7 Å². The van der Waals surface area contributed by atoms with Crippen LogP contribution in [-0.4, -0.2) is 99.9 Å². The summed E-state index contributed by atoms with van der Waals surface area (Å²) in [5, 5.41) is 34.9. The van der Waals surface area contributed by atoms with Crippen LogP contribution >= 0.6 is 23.5 Å². The fourth-order valence-electron chi connectivity index (χ4n) is 2.29. The van der Waals surface area contributed by atoms with E-state index < -0.39 is 60.6 Å². The van der Waals surface area contributed by atoms with Gasteiger partial charge >= 0.3 is 5.97 Å². The van der Waals surface area contributed by atoms with E-state index in [9.17, 15) is 24.3 Å². The van der Waals surface area contributed by atoms with Crippen LogP contribution in [0, 0.1) is 0 Å². The fourth-order valence-corrected chi connectivity index (χ4v) is 3.23. The summed E-state index contributed by atoms with van der Waals surface area (Å²) in [6, 6.07) is -4.77. The first-order valence-electron chi connectivity index (χ1n) is 9.25. The van der Waals surface area contributed by atoms with Crippen molar-refractivity contribution in [3.05, 3.63) is 0 Å². The maximum absolute atomic E-state index is 12.7. The number of thioether (sulfide) groups is 2. The number of carboxylic acids is 1. The minimum atomic E-state index is -1.53. The van der Waals surface area contributed by atoms with Crippen LogP contribution in [0.25, 0.3) is 0 Å². The first kappa shape index (κ1) is 28.5. The zero-order valence-corrected chi connectivity index (χ0v) is 18.9. The van der Waals surface area contributed by atoms with Crippen LogP contribution in [0.1, 0.15) is 19.8 Å². The number of amides is 3. The molecule has 0 saturated carbocycles. The van der Waals surface area contributed by atoms with Gasteiger partial charge in [-0.2, -0.15) is 23.5 Å². The number of aliphatic carboxylic acids is 1. The molecule has 0 bridgehead atoms. The highest BCUT2D eigenvalue weighted by atomic mass is 32.2. The Labute approximate surface area is 184 Å². The smallest absolute Gasteiger partial charge is 0.328 e. The van der Waals surface area contributed by atoms with Crippen LogP contribution in [0.3, 0.4) is 0 Å². The summed E-state index contributed by atoms with van der Waals surface area (Å²) in [6.45, 7) is 0.643. The molecular formula is C17H32N4O7S2. The maximum Gasteiger partial charge on any atom is 0.328 e. The SMILES string of the molecule is CSCCC(NC(=O)C(N)CO)C(=O)NC(CCSC)C(=O)NC(C(=O)O)C(C)O. The topological polar surface area (TPSA) is 191 Å². The van der Waals surface area contributed by atoms with Crippen LogP contribution in [0.2, 0.25) is 0 Å². The van der Waals surface area contributed by atoms with Crippen LogP contribution in [0.15, 0.2) is 0 Å². The predicted octanol–water partition coefficient (Wildman–Crippen LogP) is -2.27. The van der Waals surface area contributed by atoms with E-state index in [1.54, 1.807) is 0 Å². The molecular weight excluding hydrogens is 436 g/mol. The van der Waals surface area contributed by atoms with Crippen molar-refractivity contribution in [3.8, 4) is 0 Å². The normalized spacial score (nSPS) is 15.9. The highest BCUT2D eigenvalue weighted by Crippen LogP contribution is 2.06. The average Bonchev–Trinajstić information content (AvgIpc) is 2.70. The number of hydrogen-bond acceptors (Lipinski definition) is 9. The first-order chi connectivity index (χ1) is 14.1. The second-order valence-corrected chi connectivity index (χ2v) is 8.51. The summed E-state index contributed by atoms with van der Waals surface area (Å²) < 4.78 is 0. The van der Waals surface area contributed by atoms with Crippen LogP contribution in [0.5, 0.6) is 0 Å². The number of nitrogens with one attached hydrogen (secondary N) is 3. The van der Waals surface area contributed by atoms with E-state index in [0.29, 0.717) is 11.5 Å². The molecule has 0 rings (SSSR count). The molecule has 0 aromatic heterocycles. The highest BCUT2D eigenvalue weighted by Gasteiger charge is 2.31. The molecule has 0 radical (unpaired) electrons. The van der Waals surface area contributed by atoms with E-state index in [2.05, 4.69) is 16.0 Å². The molecule has 13 heteroatoms. The summed E-state index contributed by atoms with van der Waals surface area (Å²) in [4.78, 5) is 48.5. The Morgan fingerprint density at radius 1 is 0.900 bits per heavy atom. The average molecular weight is 469 g/mol. The Hall–Kier alpha value is -1.54. The molecule has 174 valence electrons. The largest absolute Gasteiger partial charge is 0.480 e. The van der Waals surface area contributed by atoms with Gasteiger partial charge in [0.25, 0.3) is 0 Å². The summed E-state index contributed by atoms with van der Waals surface area (Å²) in [5.74, 6) is -2.46. The van der Waals surface area contributed by atoms with E-state index in [4.69, 9.17) is 15.9 Å². The zero-order chi connectivity index (χ0) is 23.3. The lowest BCUT2D eigenvalue weighted by molar-refractivity contribution is -0.145. The number of carbonyl (C=O) groups excluding carboxylic acids is 3. The molecule has 30 heavy (non-hydrogen) atoms. The van der Waals surface area contributed by atoms with E-state index >= 15 is 0 Å². The maximum atomic E-state index is 12.7. The van der Waals surface area contributed by atoms with Gasteiger partial charge in [0.1, 0.15) is 18.1 Å². The van der Waals surface area contributed by atoms with E-state index in [-0.39, 0.29) is 12.8 Å². The number of nitrogens with two attached hydrogens (primary N) is 1.